The van der Waals surface area contributed by atoms with Crippen molar-refractivity contribution in [3.8, 4) is 0 Å². The Balaban J connectivity index is 2.40. The van der Waals surface area contributed by atoms with Gasteiger partial charge in [0.25, 0.3) is 0 Å². The number of rotatable bonds is 3. The Morgan fingerprint density at radius 1 is 1.19 bits per heavy atom. The molecule has 0 spiro atoms. The summed E-state index contributed by atoms with van der Waals surface area (Å²) in [6.45, 7) is 1.57. The minimum Gasteiger partial charge on any atom is -0.297 e. The predicted octanol–water partition coefficient (Wildman–Crippen LogP) is 4.07. The summed E-state index contributed by atoms with van der Waals surface area (Å²) in [5, 5.41) is 0. The van der Waals surface area contributed by atoms with E-state index < -0.39 is 17.3 Å². The standard InChI is InChI=1S/C16H20F3NO/c1-11-10-12(16(17,18)19)6-7-13(11)14(21)15(20(2)3)8-4-5-9-15/h6-7,10H,4-5,8-9H2,1-3H3. The summed E-state index contributed by atoms with van der Waals surface area (Å²) in [7, 11) is 3.73. The lowest BCUT2D eigenvalue weighted by atomic mass is 9.84. The molecule has 0 unspecified atom stereocenters. The SMILES string of the molecule is Cc1cc(C(F)(F)F)ccc1C(=O)C1(N(C)C)CCCC1. The summed E-state index contributed by atoms with van der Waals surface area (Å²) in [5.41, 5.74) is -0.478. The van der Waals surface area contributed by atoms with Crippen LogP contribution in [0, 0.1) is 6.92 Å². The van der Waals surface area contributed by atoms with Crippen LogP contribution in [0.15, 0.2) is 18.2 Å². The molecule has 1 aliphatic carbocycles. The fourth-order valence-corrected chi connectivity index (χ4v) is 3.18. The molecule has 0 amide bonds. The molecule has 0 N–H and O–H groups in total. The van der Waals surface area contributed by atoms with Gasteiger partial charge in [-0.1, -0.05) is 18.9 Å². The summed E-state index contributed by atoms with van der Waals surface area (Å²) in [5.74, 6) is -0.0591. The minimum absolute atomic E-state index is 0.0591. The van der Waals surface area contributed by atoms with E-state index in [2.05, 4.69) is 0 Å². The molecule has 116 valence electrons. The van der Waals surface area contributed by atoms with Gasteiger partial charge in [0, 0.05) is 5.56 Å². The van der Waals surface area contributed by atoms with Gasteiger partial charge in [0.15, 0.2) is 5.78 Å². The van der Waals surface area contributed by atoms with Gasteiger partial charge < -0.3 is 0 Å². The van der Waals surface area contributed by atoms with E-state index in [9.17, 15) is 18.0 Å². The maximum absolute atomic E-state index is 12.9. The summed E-state index contributed by atoms with van der Waals surface area (Å²) in [6.07, 6.45) is -0.898. The Hall–Kier alpha value is -1.36. The normalized spacial score (nSPS) is 18.2. The van der Waals surface area contributed by atoms with Gasteiger partial charge in [-0.05, 0) is 51.6 Å². The van der Waals surface area contributed by atoms with Gasteiger partial charge >= 0.3 is 6.18 Å². The van der Waals surface area contributed by atoms with Crippen molar-refractivity contribution in [1.29, 1.82) is 0 Å². The number of hydrogen-bond acceptors (Lipinski definition) is 2. The van der Waals surface area contributed by atoms with Gasteiger partial charge in [0.1, 0.15) is 0 Å². The van der Waals surface area contributed by atoms with Crippen LogP contribution in [0.3, 0.4) is 0 Å². The second kappa shape index (κ2) is 5.44. The fraction of sp³-hybridized carbons (Fsp3) is 0.562. The molecule has 0 aliphatic heterocycles. The number of likely N-dealkylation sites (N-methyl/N-ethyl adjacent to an activating group) is 1. The van der Waals surface area contributed by atoms with Crippen molar-refractivity contribution in [3.63, 3.8) is 0 Å². The average Bonchev–Trinajstić information content (AvgIpc) is 2.87. The van der Waals surface area contributed by atoms with Crippen LogP contribution in [-0.4, -0.2) is 30.3 Å². The average molecular weight is 299 g/mol. The van der Waals surface area contributed by atoms with Gasteiger partial charge in [0.05, 0.1) is 11.1 Å². The largest absolute Gasteiger partial charge is 0.416 e. The van der Waals surface area contributed by atoms with Crippen molar-refractivity contribution in [1.82, 2.24) is 4.90 Å². The van der Waals surface area contributed by atoms with Crippen LogP contribution in [0.2, 0.25) is 0 Å². The monoisotopic (exact) mass is 299 g/mol. The molecular formula is C16H20F3NO. The maximum atomic E-state index is 12.9. The molecular weight excluding hydrogens is 279 g/mol. The van der Waals surface area contributed by atoms with Crippen molar-refractivity contribution in [2.45, 2.75) is 44.3 Å². The molecule has 1 aromatic rings. The number of alkyl halides is 3. The van der Waals surface area contributed by atoms with Crippen LogP contribution >= 0.6 is 0 Å². The summed E-state index contributed by atoms with van der Waals surface area (Å²) in [6, 6.07) is 3.38. The second-order valence-electron chi connectivity index (χ2n) is 5.99. The van der Waals surface area contributed by atoms with Crippen LogP contribution in [0.4, 0.5) is 13.2 Å². The van der Waals surface area contributed by atoms with E-state index in [1.165, 1.54) is 6.07 Å². The third-order valence-electron chi connectivity index (χ3n) is 4.51. The first-order chi connectivity index (χ1) is 9.68. The third kappa shape index (κ3) is 2.84. The summed E-state index contributed by atoms with van der Waals surface area (Å²) in [4.78, 5) is 14.8. The predicted molar refractivity (Wildman–Crippen MR) is 75.4 cm³/mol. The molecule has 1 aliphatic rings. The molecule has 2 nitrogen and oxygen atoms in total. The van der Waals surface area contributed by atoms with Crippen LogP contribution < -0.4 is 0 Å². The van der Waals surface area contributed by atoms with Crippen LogP contribution in [-0.2, 0) is 6.18 Å². The quantitative estimate of drug-likeness (QED) is 0.784. The van der Waals surface area contributed by atoms with Crippen LogP contribution in [0.5, 0.6) is 0 Å². The number of benzene rings is 1. The van der Waals surface area contributed by atoms with Crippen molar-refractivity contribution < 1.29 is 18.0 Å². The fourth-order valence-electron chi connectivity index (χ4n) is 3.18. The van der Waals surface area contributed by atoms with Gasteiger partial charge in [-0.15, -0.1) is 0 Å². The van der Waals surface area contributed by atoms with E-state index in [4.69, 9.17) is 0 Å². The molecule has 0 aromatic heterocycles. The van der Waals surface area contributed by atoms with Gasteiger partial charge in [-0.2, -0.15) is 13.2 Å². The van der Waals surface area contributed by atoms with Gasteiger partial charge in [0.2, 0.25) is 0 Å². The lowest BCUT2D eigenvalue weighted by Crippen LogP contribution is -2.49. The van der Waals surface area contributed by atoms with Crippen molar-refractivity contribution >= 4 is 5.78 Å². The van der Waals surface area contributed by atoms with E-state index in [0.717, 1.165) is 37.8 Å². The number of ketones is 1. The number of halogens is 3. The number of carbonyl (C=O) groups excluding carboxylic acids is 1. The van der Waals surface area contributed by atoms with Crippen LogP contribution in [0.1, 0.15) is 47.2 Å². The highest BCUT2D eigenvalue weighted by atomic mass is 19.4. The molecule has 0 radical (unpaired) electrons. The molecule has 2 rings (SSSR count). The number of aryl methyl sites for hydroxylation is 1. The molecule has 1 saturated carbocycles. The number of carbonyl (C=O) groups is 1. The lowest BCUT2D eigenvalue weighted by Gasteiger charge is -2.35. The molecule has 0 bridgehead atoms. The molecule has 5 heteroatoms. The highest BCUT2D eigenvalue weighted by molar-refractivity contribution is 6.04. The van der Waals surface area contributed by atoms with E-state index in [1.807, 2.05) is 19.0 Å². The van der Waals surface area contributed by atoms with Gasteiger partial charge in [-0.25, -0.2) is 0 Å². The van der Waals surface area contributed by atoms with Crippen molar-refractivity contribution in [2.24, 2.45) is 0 Å². The zero-order valence-corrected chi connectivity index (χ0v) is 12.5. The van der Waals surface area contributed by atoms with Gasteiger partial charge in [-0.3, -0.25) is 9.69 Å². The second-order valence-corrected chi connectivity index (χ2v) is 5.99. The van der Waals surface area contributed by atoms with E-state index in [0.29, 0.717) is 11.1 Å². The molecule has 0 heterocycles. The maximum Gasteiger partial charge on any atom is 0.416 e. The molecule has 1 fully saturated rings. The van der Waals surface area contributed by atoms with E-state index in [1.54, 1.807) is 6.92 Å². The topological polar surface area (TPSA) is 20.3 Å². The first-order valence-electron chi connectivity index (χ1n) is 7.08. The van der Waals surface area contributed by atoms with E-state index in [-0.39, 0.29) is 5.78 Å². The highest BCUT2D eigenvalue weighted by Crippen LogP contribution is 2.38. The Kier molecular flexibility index (Phi) is 4.15. The Morgan fingerprint density at radius 3 is 2.19 bits per heavy atom. The first-order valence-corrected chi connectivity index (χ1v) is 7.08. The number of Topliss-reactive ketones (excluding diaryl/α,β-unsaturated/α-hetero) is 1. The first kappa shape index (κ1) is 16.0. The Morgan fingerprint density at radius 2 is 1.76 bits per heavy atom. The summed E-state index contributed by atoms with van der Waals surface area (Å²) < 4.78 is 38.1. The molecule has 1 aromatic carbocycles. The number of hydrogen-bond donors (Lipinski definition) is 0. The smallest absolute Gasteiger partial charge is 0.297 e. The molecule has 0 saturated heterocycles. The molecule has 21 heavy (non-hydrogen) atoms. The third-order valence-corrected chi connectivity index (χ3v) is 4.51. The van der Waals surface area contributed by atoms with E-state index >= 15 is 0 Å². The van der Waals surface area contributed by atoms with Crippen LogP contribution in [0.25, 0.3) is 0 Å². The number of nitrogens with zero attached hydrogens (tertiary/aromatic N) is 1. The van der Waals surface area contributed by atoms with Crippen molar-refractivity contribution in [2.75, 3.05) is 14.1 Å². The highest BCUT2D eigenvalue weighted by Gasteiger charge is 2.44. The zero-order valence-electron chi connectivity index (χ0n) is 12.5. The zero-order chi connectivity index (χ0) is 15.8. The minimum atomic E-state index is -4.38. The Labute approximate surface area is 122 Å². The summed E-state index contributed by atoms with van der Waals surface area (Å²) >= 11 is 0. The lowest BCUT2D eigenvalue weighted by molar-refractivity contribution is -0.137. The Bertz CT molecular complexity index is 543. The molecule has 0 atom stereocenters. The van der Waals surface area contributed by atoms with Crippen molar-refractivity contribution in [3.05, 3.63) is 34.9 Å².